The molecular weight excluding hydrogens is 134 g/mol. The zero-order valence-electron chi connectivity index (χ0n) is 7.85. The molecule has 0 bridgehead atoms. The third-order valence-electron chi connectivity index (χ3n) is 2.41. The lowest BCUT2D eigenvalue weighted by atomic mass is 9.94. The molecule has 0 aliphatic carbocycles. The first-order valence-corrected chi connectivity index (χ1v) is 4.69. The van der Waals surface area contributed by atoms with E-state index in [1.165, 1.54) is 25.1 Å². The summed E-state index contributed by atoms with van der Waals surface area (Å²) in [6.45, 7) is 7.93. The lowest BCUT2D eigenvalue weighted by molar-refractivity contribution is 0.488. The van der Waals surface area contributed by atoms with Gasteiger partial charge in [0.2, 0.25) is 0 Å². The molecule has 0 spiro atoms. The van der Waals surface area contributed by atoms with Gasteiger partial charge in [0.25, 0.3) is 0 Å². The monoisotopic (exact) mass is 153 g/mol. The minimum Gasteiger partial charge on any atom is -0.388 e. The summed E-state index contributed by atoms with van der Waals surface area (Å²) >= 11 is 0. The molecule has 1 N–H and O–H groups in total. The molecule has 0 amide bonds. The van der Waals surface area contributed by atoms with Crippen LogP contribution in [-0.4, -0.2) is 6.54 Å². The van der Waals surface area contributed by atoms with Crippen molar-refractivity contribution in [1.29, 1.82) is 0 Å². The quantitative estimate of drug-likeness (QED) is 0.643. The standard InChI is InChI=1S/C10H19N/c1-4-9-5-6-11-10(7-9)8(2)3/h7-9,11H,4-6H2,1-3H3. The van der Waals surface area contributed by atoms with Gasteiger partial charge in [0.05, 0.1) is 0 Å². The number of allylic oxidation sites excluding steroid dienone is 2. The van der Waals surface area contributed by atoms with Crippen molar-refractivity contribution >= 4 is 0 Å². The zero-order chi connectivity index (χ0) is 8.27. The molecule has 0 aromatic heterocycles. The summed E-state index contributed by atoms with van der Waals surface area (Å²) in [6, 6.07) is 0. The molecule has 0 saturated carbocycles. The first kappa shape index (κ1) is 8.63. The highest BCUT2D eigenvalue weighted by molar-refractivity contribution is 5.07. The second-order valence-corrected chi connectivity index (χ2v) is 3.66. The molecule has 11 heavy (non-hydrogen) atoms. The van der Waals surface area contributed by atoms with Crippen LogP contribution >= 0.6 is 0 Å². The van der Waals surface area contributed by atoms with Crippen LogP contribution < -0.4 is 5.32 Å². The van der Waals surface area contributed by atoms with Crippen molar-refractivity contribution < 1.29 is 0 Å². The van der Waals surface area contributed by atoms with Gasteiger partial charge in [-0.15, -0.1) is 0 Å². The maximum atomic E-state index is 3.44. The van der Waals surface area contributed by atoms with Crippen LogP contribution in [-0.2, 0) is 0 Å². The first-order valence-electron chi connectivity index (χ1n) is 4.69. The van der Waals surface area contributed by atoms with Gasteiger partial charge in [-0.3, -0.25) is 0 Å². The summed E-state index contributed by atoms with van der Waals surface area (Å²) in [5.41, 5.74) is 1.45. The Hall–Kier alpha value is -0.460. The Morgan fingerprint density at radius 1 is 1.64 bits per heavy atom. The lowest BCUT2D eigenvalue weighted by Crippen LogP contribution is -2.25. The minimum atomic E-state index is 0.671. The van der Waals surface area contributed by atoms with E-state index in [4.69, 9.17) is 0 Å². The van der Waals surface area contributed by atoms with E-state index in [-0.39, 0.29) is 0 Å². The summed E-state index contributed by atoms with van der Waals surface area (Å²) in [4.78, 5) is 0. The van der Waals surface area contributed by atoms with Crippen LogP contribution in [0.25, 0.3) is 0 Å². The highest BCUT2D eigenvalue weighted by Gasteiger charge is 2.12. The van der Waals surface area contributed by atoms with Gasteiger partial charge >= 0.3 is 0 Å². The highest BCUT2D eigenvalue weighted by Crippen LogP contribution is 2.19. The van der Waals surface area contributed by atoms with Gasteiger partial charge in [0.15, 0.2) is 0 Å². The van der Waals surface area contributed by atoms with E-state index in [0.717, 1.165) is 5.92 Å². The topological polar surface area (TPSA) is 12.0 Å². The fraction of sp³-hybridized carbons (Fsp3) is 0.800. The van der Waals surface area contributed by atoms with Crippen molar-refractivity contribution in [2.75, 3.05) is 6.54 Å². The van der Waals surface area contributed by atoms with Crippen LogP contribution in [0.15, 0.2) is 11.8 Å². The van der Waals surface area contributed by atoms with E-state index < -0.39 is 0 Å². The van der Waals surface area contributed by atoms with Gasteiger partial charge in [-0.25, -0.2) is 0 Å². The van der Waals surface area contributed by atoms with E-state index in [2.05, 4.69) is 32.2 Å². The Balaban J connectivity index is 2.57. The van der Waals surface area contributed by atoms with E-state index in [1.54, 1.807) is 0 Å². The summed E-state index contributed by atoms with van der Waals surface area (Å²) in [6.07, 6.45) is 5.01. The van der Waals surface area contributed by atoms with Crippen molar-refractivity contribution in [3.63, 3.8) is 0 Å². The van der Waals surface area contributed by atoms with Crippen LogP contribution in [0.3, 0.4) is 0 Å². The second kappa shape index (κ2) is 3.80. The van der Waals surface area contributed by atoms with E-state index in [1.807, 2.05) is 0 Å². The highest BCUT2D eigenvalue weighted by atomic mass is 14.9. The van der Waals surface area contributed by atoms with Crippen molar-refractivity contribution in [2.24, 2.45) is 11.8 Å². The number of rotatable bonds is 2. The molecule has 1 atom stereocenters. The van der Waals surface area contributed by atoms with Crippen LogP contribution in [0.5, 0.6) is 0 Å². The minimum absolute atomic E-state index is 0.671. The SMILES string of the molecule is CCC1C=C(C(C)C)NCC1. The maximum Gasteiger partial charge on any atom is 0.0149 e. The maximum absolute atomic E-state index is 3.44. The average molecular weight is 153 g/mol. The molecule has 1 aliphatic heterocycles. The van der Waals surface area contributed by atoms with E-state index in [0.29, 0.717) is 5.92 Å². The van der Waals surface area contributed by atoms with Crippen LogP contribution in [0.2, 0.25) is 0 Å². The Morgan fingerprint density at radius 3 is 2.91 bits per heavy atom. The predicted octanol–water partition coefficient (Wildman–Crippen LogP) is 2.55. The molecule has 1 aliphatic rings. The van der Waals surface area contributed by atoms with Crippen molar-refractivity contribution in [2.45, 2.75) is 33.6 Å². The molecule has 0 aromatic rings. The van der Waals surface area contributed by atoms with Gasteiger partial charge in [-0.05, 0) is 24.7 Å². The fourth-order valence-corrected chi connectivity index (χ4v) is 1.52. The molecule has 1 heterocycles. The Bertz CT molecular complexity index is 147. The molecule has 1 nitrogen and oxygen atoms in total. The smallest absolute Gasteiger partial charge is 0.0149 e. The van der Waals surface area contributed by atoms with Gasteiger partial charge in [0, 0.05) is 12.2 Å². The number of hydrogen-bond acceptors (Lipinski definition) is 1. The Kier molecular flexibility index (Phi) is 2.98. The van der Waals surface area contributed by atoms with Crippen LogP contribution in [0.1, 0.15) is 33.6 Å². The number of hydrogen-bond donors (Lipinski definition) is 1. The largest absolute Gasteiger partial charge is 0.388 e. The summed E-state index contributed by atoms with van der Waals surface area (Å²) < 4.78 is 0. The van der Waals surface area contributed by atoms with Crippen LogP contribution in [0.4, 0.5) is 0 Å². The number of nitrogens with one attached hydrogen (secondary N) is 1. The molecule has 0 radical (unpaired) electrons. The Labute approximate surface area is 69.9 Å². The molecular formula is C10H19N. The van der Waals surface area contributed by atoms with Crippen molar-refractivity contribution in [3.05, 3.63) is 11.8 Å². The zero-order valence-corrected chi connectivity index (χ0v) is 7.85. The van der Waals surface area contributed by atoms with Gasteiger partial charge in [0.1, 0.15) is 0 Å². The van der Waals surface area contributed by atoms with Crippen molar-refractivity contribution in [1.82, 2.24) is 5.32 Å². The normalized spacial score (nSPS) is 24.7. The molecule has 0 fully saturated rings. The van der Waals surface area contributed by atoms with Gasteiger partial charge < -0.3 is 5.32 Å². The molecule has 1 heteroatoms. The third kappa shape index (κ3) is 2.25. The van der Waals surface area contributed by atoms with Gasteiger partial charge in [-0.1, -0.05) is 26.8 Å². The fourth-order valence-electron chi connectivity index (χ4n) is 1.52. The van der Waals surface area contributed by atoms with Crippen LogP contribution in [0, 0.1) is 11.8 Å². The summed E-state index contributed by atoms with van der Waals surface area (Å²) in [5.74, 6) is 1.50. The summed E-state index contributed by atoms with van der Waals surface area (Å²) in [5, 5.41) is 3.44. The van der Waals surface area contributed by atoms with Gasteiger partial charge in [-0.2, -0.15) is 0 Å². The second-order valence-electron chi connectivity index (χ2n) is 3.66. The average Bonchev–Trinajstić information content (AvgIpc) is 2.05. The molecule has 0 saturated heterocycles. The van der Waals surface area contributed by atoms with E-state index >= 15 is 0 Å². The van der Waals surface area contributed by atoms with Crippen molar-refractivity contribution in [3.8, 4) is 0 Å². The first-order chi connectivity index (χ1) is 5.24. The summed E-state index contributed by atoms with van der Waals surface area (Å²) in [7, 11) is 0. The molecule has 0 aromatic carbocycles. The third-order valence-corrected chi connectivity index (χ3v) is 2.41. The molecule has 1 rings (SSSR count). The molecule has 64 valence electrons. The predicted molar refractivity (Wildman–Crippen MR) is 49.3 cm³/mol. The van der Waals surface area contributed by atoms with E-state index in [9.17, 15) is 0 Å². The molecule has 1 unspecified atom stereocenters. The Morgan fingerprint density at radius 2 is 2.36 bits per heavy atom. The lowest BCUT2D eigenvalue weighted by Gasteiger charge is -2.24.